The molecule has 1 saturated heterocycles. The zero-order valence-electron chi connectivity index (χ0n) is 22.3. The van der Waals surface area contributed by atoms with Gasteiger partial charge in [-0.2, -0.15) is 4.31 Å². The second-order valence-corrected chi connectivity index (χ2v) is 12.4. The highest BCUT2D eigenvalue weighted by Gasteiger charge is 2.27. The fraction of sp³-hybridized carbons (Fsp3) is 0.481. The maximum atomic E-state index is 13.8. The lowest BCUT2D eigenvalue weighted by Gasteiger charge is -2.26. The Morgan fingerprint density at radius 3 is 2.26 bits per heavy atom. The van der Waals surface area contributed by atoms with Gasteiger partial charge in [-0.05, 0) is 50.2 Å². The summed E-state index contributed by atoms with van der Waals surface area (Å²) >= 11 is 1.43. The van der Waals surface area contributed by atoms with Crippen LogP contribution in [0, 0.1) is 0 Å². The second kappa shape index (κ2) is 12.8. The molecule has 12 heteroatoms. The molecule has 1 fully saturated rings. The van der Waals surface area contributed by atoms with E-state index in [0.29, 0.717) is 61.6 Å². The van der Waals surface area contributed by atoms with Crippen LogP contribution in [-0.2, 0) is 10.0 Å². The molecular weight excluding hydrogens is 560 g/mol. The number of sulfonamides is 1. The Hall–Kier alpha value is -2.44. The molecule has 5 rings (SSSR count). The Labute approximate surface area is 240 Å². The Balaban J connectivity index is 0.00000353. The molecule has 0 unspecified atom stereocenters. The molecule has 0 atom stereocenters. The minimum Gasteiger partial charge on any atom is -0.486 e. The fourth-order valence-electron chi connectivity index (χ4n) is 4.81. The number of piperidine rings is 1. The summed E-state index contributed by atoms with van der Waals surface area (Å²) in [5.41, 5.74) is 1.17. The molecule has 0 bridgehead atoms. The van der Waals surface area contributed by atoms with Gasteiger partial charge in [-0.1, -0.05) is 31.6 Å². The molecule has 3 aromatic rings. The predicted molar refractivity (Wildman–Crippen MR) is 156 cm³/mol. The predicted octanol–water partition coefficient (Wildman–Crippen LogP) is 4.65. The van der Waals surface area contributed by atoms with Crippen LogP contribution in [0.15, 0.2) is 41.3 Å². The third-order valence-electron chi connectivity index (χ3n) is 7.11. The number of ether oxygens (including phenoxy) is 2. The molecular formula is C27H35ClN4O5S2. The Bertz CT molecular complexity index is 1340. The SMILES string of the molecule is CCN(CC)CCN(C(=O)c1ccc(S(=O)(=O)N2CCCCC2)cc1)c1nc2cc3c(cc2s1)OCCO3.Cl. The topological polar surface area (TPSA) is 92.3 Å². The molecule has 9 nitrogen and oxygen atoms in total. The van der Waals surface area contributed by atoms with Crippen LogP contribution in [0.1, 0.15) is 43.5 Å². The van der Waals surface area contributed by atoms with Crippen molar-refractivity contribution in [2.24, 2.45) is 0 Å². The summed E-state index contributed by atoms with van der Waals surface area (Å²) in [5, 5.41) is 0.588. The highest BCUT2D eigenvalue weighted by molar-refractivity contribution is 7.89. The number of hydrogen-bond donors (Lipinski definition) is 0. The van der Waals surface area contributed by atoms with Gasteiger partial charge < -0.3 is 14.4 Å². The molecule has 39 heavy (non-hydrogen) atoms. The molecule has 3 heterocycles. The quantitative estimate of drug-likeness (QED) is 0.356. The van der Waals surface area contributed by atoms with Gasteiger partial charge in [-0.15, -0.1) is 12.4 Å². The maximum absolute atomic E-state index is 13.8. The molecule has 1 amide bonds. The number of anilines is 1. The maximum Gasteiger partial charge on any atom is 0.260 e. The number of aromatic nitrogens is 1. The molecule has 0 N–H and O–H groups in total. The summed E-state index contributed by atoms with van der Waals surface area (Å²) in [6, 6.07) is 10.1. The second-order valence-electron chi connectivity index (χ2n) is 9.43. The van der Waals surface area contributed by atoms with E-state index < -0.39 is 10.0 Å². The normalized spacial score (nSPS) is 15.8. The van der Waals surface area contributed by atoms with Gasteiger partial charge >= 0.3 is 0 Å². The number of nitrogens with zero attached hydrogens (tertiary/aromatic N) is 4. The molecule has 0 radical (unpaired) electrons. The average molecular weight is 595 g/mol. The molecule has 0 spiro atoms. The first-order chi connectivity index (χ1) is 18.4. The number of benzene rings is 2. The Kier molecular flexibility index (Phi) is 9.71. The molecule has 0 aliphatic carbocycles. The zero-order valence-corrected chi connectivity index (χ0v) is 24.7. The van der Waals surface area contributed by atoms with Crippen LogP contribution < -0.4 is 14.4 Å². The van der Waals surface area contributed by atoms with E-state index in [1.807, 2.05) is 12.1 Å². The van der Waals surface area contributed by atoms with Crippen molar-refractivity contribution in [2.75, 3.05) is 57.4 Å². The molecule has 1 aromatic heterocycles. The van der Waals surface area contributed by atoms with Crippen molar-refractivity contribution in [1.29, 1.82) is 0 Å². The summed E-state index contributed by atoms with van der Waals surface area (Å²) in [6.07, 6.45) is 2.80. The first kappa shape index (κ1) is 29.5. The number of carbonyl (C=O) groups is 1. The molecule has 212 valence electrons. The third kappa shape index (κ3) is 6.33. The number of fused-ring (bicyclic) bond motifs is 2. The smallest absolute Gasteiger partial charge is 0.260 e. The summed E-state index contributed by atoms with van der Waals surface area (Å²) in [7, 11) is -3.56. The van der Waals surface area contributed by atoms with Crippen LogP contribution in [-0.4, -0.2) is 81.0 Å². The largest absolute Gasteiger partial charge is 0.486 e. The summed E-state index contributed by atoms with van der Waals surface area (Å²) < 4.78 is 40.0. The number of rotatable bonds is 9. The van der Waals surface area contributed by atoms with Crippen molar-refractivity contribution in [3.05, 3.63) is 42.0 Å². The van der Waals surface area contributed by atoms with Gasteiger partial charge in [0.05, 0.1) is 15.1 Å². The number of amides is 1. The number of likely N-dealkylation sites (N-methyl/N-ethyl adjacent to an activating group) is 1. The lowest BCUT2D eigenvalue weighted by atomic mass is 10.2. The number of thiazole rings is 1. The van der Waals surface area contributed by atoms with E-state index in [1.54, 1.807) is 29.2 Å². The minimum absolute atomic E-state index is 0. The Morgan fingerprint density at radius 2 is 1.62 bits per heavy atom. The molecule has 2 aromatic carbocycles. The molecule has 2 aliphatic rings. The van der Waals surface area contributed by atoms with E-state index in [9.17, 15) is 13.2 Å². The first-order valence-corrected chi connectivity index (χ1v) is 15.5. The average Bonchev–Trinajstić information content (AvgIpc) is 3.36. The van der Waals surface area contributed by atoms with Gasteiger partial charge in [-0.25, -0.2) is 13.4 Å². The van der Waals surface area contributed by atoms with E-state index in [4.69, 9.17) is 14.5 Å². The van der Waals surface area contributed by atoms with Gasteiger partial charge in [0, 0.05) is 43.9 Å². The van der Waals surface area contributed by atoms with Crippen LogP contribution >= 0.6 is 23.7 Å². The first-order valence-electron chi connectivity index (χ1n) is 13.3. The lowest BCUT2D eigenvalue weighted by Crippen LogP contribution is -2.39. The van der Waals surface area contributed by atoms with E-state index in [-0.39, 0.29) is 23.2 Å². The van der Waals surface area contributed by atoms with Crippen LogP contribution in [0.25, 0.3) is 10.2 Å². The lowest BCUT2D eigenvalue weighted by molar-refractivity contribution is 0.0983. The highest BCUT2D eigenvalue weighted by atomic mass is 35.5. The Morgan fingerprint density at radius 1 is 0.974 bits per heavy atom. The number of carbonyl (C=O) groups excluding carboxylic acids is 1. The van der Waals surface area contributed by atoms with Crippen LogP contribution in [0.2, 0.25) is 0 Å². The van der Waals surface area contributed by atoms with Gasteiger partial charge in [0.25, 0.3) is 5.91 Å². The highest BCUT2D eigenvalue weighted by Crippen LogP contribution is 2.39. The summed E-state index contributed by atoms with van der Waals surface area (Å²) in [5.74, 6) is 1.13. The van der Waals surface area contributed by atoms with Crippen molar-refractivity contribution < 1.29 is 22.7 Å². The van der Waals surface area contributed by atoms with Gasteiger partial charge in [0.1, 0.15) is 13.2 Å². The van der Waals surface area contributed by atoms with E-state index in [2.05, 4.69) is 18.7 Å². The van der Waals surface area contributed by atoms with E-state index in [1.165, 1.54) is 15.6 Å². The van der Waals surface area contributed by atoms with E-state index in [0.717, 1.165) is 42.6 Å². The summed E-state index contributed by atoms with van der Waals surface area (Å²) in [4.78, 5) is 22.7. The number of hydrogen-bond acceptors (Lipinski definition) is 8. The van der Waals surface area contributed by atoms with Crippen molar-refractivity contribution >= 4 is 55.0 Å². The fourth-order valence-corrected chi connectivity index (χ4v) is 7.33. The third-order valence-corrected chi connectivity index (χ3v) is 10.1. The van der Waals surface area contributed by atoms with Gasteiger partial charge in [0.15, 0.2) is 16.6 Å². The van der Waals surface area contributed by atoms with Crippen molar-refractivity contribution in [3.63, 3.8) is 0 Å². The monoisotopic (exact) mass is 594 g/mol. The number of halogens is 1. The summed E-state index contributed by atoms with van der Waals surface area (Å²) in [6.45, 7) is 9.18. The molecule has 0 saturated carbocycles. The van der Waals surface area contributed by atoms with Gasteiger partial charge in [-0.3, -0.25) is 9.69 Å². The van der Waals surface area contributed by atoms with Crippen LogP contribution in [0.4, 0.5) is 5.13 Å². The van der Waals surface area contributed by atoms with Crippen molar-refractivity contribution in [3.8, 4) is 11.5 Å². The van der Waals surface area contributed by atoms with Crippen molar-refractivity contribution in [2.45, 2.75) is 38.0 Å². The van der Waals surface area contributed by atoms with Crippen molar-refractivity contribution in [1.82, 2.24) is 14.2 Å². The minimum atomic E-state index is -3.56. The standard InChI is InChI=1S/C27H34N4O5S2.ClH/c1-3-29(4-2)14-15-31(27-28-22-18-23-24(19-25(22)37-27)36-17-16-35-23)26(32)20-8-10-21(11-9-20)38(33,34)30-12-6-5-7-13-30;/h8-11,18-19H,3-7,12-17H2,1-2H3;1H. The van der Waals surface area contributed by atoms with Crippen LogP contribution in [0.3, 0.4) is 0 Å². The van der Waals surface area contributed by atoms with Gasteiger partial charge in [0.2, 0.25) is 10.0 Å². The molecule has 2 aliphatic heterocycles. The van der Waals surface area contributed by atoms with Crippen LogP contribution in [0.5, 0.6) is 11.5 Å². The van der Waals surface area contributed by atoms with E-state index >= 15 is 0 Å². The zero-order chi connectivity index (χ0) is 26.7.